The lowest BCUT2D eigenvalue weighted by Gasteiger charge is -2.24. The Morgan fingerprint density at radius 2 is 2.06 bits per heavy atom. The highest BCUT2D eigenvalue weighted by molar-refractivity contribution is 4.94. The van der Waals surface area contributed by atoms with Crippen molar-refractivity contribution >= 4 is 0 Å². The largest absolute Gasteiger partial charge is 0.388 e. The number of hydrogen-bond donors (Lipinski definition) is 2. The van der Waals surface area contributed by atoms with Crippen molar-refractivity contribution in [2.75, 3.05) is 13.1 Å². The smallest absolute Gasteiger partial charge is 0.138 e. The molecule has 1 rings (SSSR count). The maximum Gasteiger partial charge on any atom is 0.138 e. The molecule has 0 fully saturated rings. The Morgan fingerprint density at radius 1 is 1.39 bits per heavy atom. The molecule has 0 spiro atoms. The quantitative estimate of drug-likeness (QED) is 0.772. The van der Waals surface area contributed by atoms with Gasteiger partial charge in [-0.3, -0.25) is 0 Å². The average Bonchev–Trinajstić information content (AvgIpc) is 2.63. The fourth-order valence-corrected chi connectivity index (χ4v) is 1.87. The monoisotopic (exact) mass is 254 g/mol. The Bertz CT molecular complexity index is 358. The number of rotatable bonds is 7. The molecule has 0 saturated carbocycles. The summed E-state index contributed by atoms with van der Waals surface area (Å²) in [4.78, 5) is 4.23. The summed E-state index contributed by atoms with van der Waals surface area (Å²) >= 11 is 0. The van der Waals surface area contributed by atoms with E-state index in [1.54, 1.807) is 6.33 Å². The SMILES string of the molecule is CC(C)CNCC(C)(O)Cc1ncnn1C(C)C. The van der Waals surface area contributed by atoms with Gasteiger partial charge in [0.2, 0.25) is 0 Å². The van der Waals surface area contributed by atoms with E-state index in [2.05, 4.69) is 43.1 Å². The van der Waals surface area contributed by atoms with E-state index in [9.17, 15) is 5.11 Å². The maximum atomic E-state index is 10.4. The lowest BCUT2D eigenvalue weighted by atomic mass is 10.0. The second-order valence-electron chi connectivity index (χ2n) is 5.91. The third kappa shape index (κ3) is 4.74. The van der Waals surface area contributed by atoms with Crippen molar-refractivity contribution in [1.29, 1.82) is 0 Å². The molecule has 1 aromatic rings. The van der Waals surface area contributed by atoms with Crippen LogP contribution in [0.15, 0.2) is 6.33 Å². The normalized spacial score (nSPS) is 15.3. The van der Waals surface area contributed by atoms with Gasteiger partial charge in [0.15, 0.2) is 0 Å². The van der Waals surface area contributed by atoms with Gasteiger partial charge in [0.25, 0.3) is 0 Å². The first kappa shape index (κ1) is 15.1. The van der Waals surface area contributed by atoms with Crippen LogP contribution in [0.2, 0.25) is 0 Å². The predicted octanol–water partition coefficient (Wildman–Crippen LogP) is 1.40. The third-order valence-electron chi connectivity index (χ3n) is 2.73. The van der Waals surface area contributed by atoms with E-state index in [-0.39, 0.29) is 6.04 Å². The molecule has 0 aromatic carbocycles. The van der Waals surface area contributed by atoms with Crippen LogP contribution in [0.1, 0.15) is 46.5 Å². The van der Waals surface area contributed by atoms with Gasteiger partial charge in [-0.25, -0.2) is 9.67 Å². The molecule has 18 heavy (non-hydrogen) atoms. The highest BCUT2D eigenvalue weighted by Gasteiger charge is 2.24. The molecule has 0 aliphatic heterocycles. The summed E-state index contributed by atoms with van der Waals surface area (Å²) in [5.74, 6) is 1.42. The molecule has 5 heteroatoms. The van der Waals surface area contributed by atoms with Crippen LogP contribution in [-0.2, 0) is 6.42 Å². The van der Waals surface area contributed by atoms with E-state index in [1.807, 2.05) is 11.6 Å². The Kier molecular flexibility index (Phi) is 5.28. The molecular weight excluding hydrogens is 228 g/mol. The molecule has 1 atom stereocenters. The Hall–Kier alpha value is -0.940. The predicted molar refractivity (Wildman–Crippen MR) is 72.4 cm³/mol. The van der Waals surface area contributed by atoms with E-state index < -0.39 is 5.60 Å². The van der Waals surface area contributed by atoms with Crippen molar-refractivity contribution in [1.82, 2.24) is 20.1 Å². The summed E-state index contributed by atoms with van der Waals surface area (Å²) in [6, 6.07) is 0.266. The lowest BCUT2D eigenvalue weighted by Crippen LogP contribution is -2.41. The fourth-order valence-electron chi connectivity index (χ4n) is 1.87. The van der Waals surface area contributed by atoms with E-state index in [0.29, 0.717) is 18.9 Å². The molecule has 0 aliphatic rings. The summed E-state index contributed by atoms with van der Waals surface area (Å²) in [5, 5.41) is 17.8. The number of aromatic nitrogens is 3. The average molecular weight is 254 g/mol. The number of nitrogens with zero attached hydrogens (tertiary/aromatic N) is 3. The van der Waals surface area contributed by atoms with Crippen LogP contribution in [0, 0.1) is 5.92 Å². The summed E-state index contributed by atoms with van der Waals surface area (Å²) in [6.07, 6.45) is 2.06. The molecular formula is C13H26N4O. The minimum Gasteiger partial charge on any atom is -0.388 e. The highest BCUT2D eigenvalue weighted by Crippen LogP contribution is 2.13. The molecule has 0 amide bonds. The van der Waals surface area contributed by atoms with Crippen LogP contribution < -0.4 is 5.32 Å². The van der Waals surface area contributed by atoms with E-state index in [1.165, 1.54) is 0 Å². The molecule has 1 heterocycles. The number of nitrogens with one attached hydrogen (secondary N) is 1. The molecule has 104 valence electrons. The molecule has 0 radical (unpaired) electrons. The van der Waals surface area contributed by atoms with E-state index >= 15 is 0 Å². The van der Waals surface area contributed by atoms with Crippen LogP contribution in [-0.4, -0.2) is 38.6 Å². The number of aliphatic hydroxyl groups is 1. The van der Waals surface area contributed by atoms with Crippen LogP contribution in [0.25, 0.3) is 0 Å². The van der Waals surface area contributed by atoms with Crippen molar-refractivity contribution in [2.24, 2.45) is 5.92 Å². The van der Waals surface area contributed by atoms with Crippen molar-refractivity contribution in [3.05, 3.63) is 12.2 Å². The second-order valence-corrected chi connectivity index (χ2v) is 5.91. The number of hydrogen-bond acceptors (Lipinski definition) is 4. The van der Waals surface area contributed by atoms with Gasteiger partial charge in [0.05, 0.1) is 5.60 Å². The van der Waals surface area contributed by atoms with Crippen LogP contribution in [0.3, 0.4) is 0 Å². The zero-order chi connectivity index (χ0) is 13.8. The standard InChI is InChI=1S/C13H26N4O/c1-10(2)7-14-8-13(5,18)6-12-15-9-16-17(12)11(3)4/h9-11,14,18H,6-8H2,1-5H3. The van der Waals surface area contributed by atoms with Gasteiger partial charge in [0, 0.05) is 19.0 Å². The zero-order valence-electron chi connectivity index (χ0n) is 12.1. The molecule has 0 bridgehead atoms. The van der Waals surface area contributed by atoms with Crippen molar-refractivity contribution in [3.63, 3.8) is 0 Å². The van der Waals surface area contributed by atoms with Crippen LogP contribution in [0.4, 0.5) is 0 Å². The summed E-state index contributed by atoms with van der Waals surface area (Å²) in [6.45, 7) is 11.7. The van der Waals surface area contributed by atoms with E-state index in [0.717, 1.165) is 12.4 Å². The highest BCUT2D eigenvalue weighted by atomic mass is 16.3. The van der Waals surface area contributed by atoms with Crippen molar-refractivity contribution < 1.29 is 5.11 Å². The zero-order valence-corrected chi connectivity index (χ0v) is 12.1. The van der Waals surface area contributed by atoms with Gasteiger partial charge in [-0.2, -0.15) is 5.10 Å². The topological polar surface area (TPSA) is 63.0 Å². The van der Waals surface area contributed by atoms with Gasteiger partial charge in [-0.05, 0) is 33.2 Å². The van der Waals surface area contributed by atoms with Crippen molar-refractivity contribution in [2.45, 2.75) is 52.7 Å². The first-order valence-corrected chi connectivity index (χ1v) is 6.63. The van der Waals surface area contributed by atoms with Crippen molar-refractivity contribution in [3.8, 4) is 0 Å². The van der Waals surface area contributed by atoms with Gasteiger partial charge in [-0.1, -0.05) is 13.8 Å². The van der Waals surface area contributed by atoms with Crippen LogP contribution >= 0.6 is 0 Å². The van der Waals surface area contributed by atoms with Gasteiger partial charge in [0.1, 0.15) is 12.2 Å². The first-order valence-electron chi connectivity index (χ1n) is 6.63. The molecule has 0 aliphatic carbocycles. The lowest BCUT2D eigenvalue weighted by molar-refractivity contribution is 0.0561. The molecule has 1 unspecified atom stereocenters. The fraction of sp³-hybridized carbons (Fsp3) is 0.846. The van der Waals surface area contributed by atoms with Gasteiger partial charge < -0.3 is 10.4 Å². The third-order valence-corrected chi connectivity index (χ3v) is 2.73. The van der Waals surface area contributed by atoms with Crippen LogP contribution in [0.5, 0.6) is 0 Å². The van der Waals surface area contributed by atoms with E-state index in [4.69, 9.17) is 0 Å². The first-order chi connectivity index (χ1) is 8.32. The maximum absolute atomic E-state index is 10.4. The molecule has 1 aromatic heterocycles. The molecule has 2 N–H and O–H groups in total. The molecule has 0 saturated heterocycles. The minimum atomic E-state index is -0.797. The van der Waals surface area contributed by atoms with Gasteiger partial charge >= 0.3 is 0 Å². The Morgan fingerprint density at radius 3 is 2.61 bits per heavy atom. The summed E-state index contributed by atoms with van der Waals surface area (Å²) < 4.78 is 1.86. The van der Waals surface area contributed by atoms with Gasteiger partial charge in [-0.15, -0.1) is 0 Å². The Balaban J connectivity index is 2.56. The molecule has 5 nitrogen and oxygen atoms in total. The Labute approximate surface area is 110 Å². The minimum absolute atomic E-state index is 0.266. The summed E-state index contributed by atoms with van der Waals surface area (Å²) in [7, 11) is 0. The summed E-state index contributed by atoms with van der Waals surface area (Å²) in [5.41, 5.74) is -0.797. The second kappa shape index (κ2) is 6.29.